The molecule has 0 amide bonds. The quantitative estimate of drug-likeness (QED) is 0.694. The second-order valence-electron chi connectivity index (χ2n) is 4.41. The molecule has 1 aromatic carbocycles. The van der Waals surface area contributed by atoms with Crippen molar-refractivity contribution >= 4 is 0 Å². The van der Waals surface area contributed by atoms with Crippen LogP contribution < -0.4 is 4.74 Å². The topological polar surface area (TPSA) is 32.7 Å². The number of aliphatic hydroxyl groups excluding tert-OH is 1. The van der Waals surface area contributed by atoms with Gasteiger partial charge in [0.05, 0.1) is 13.2 Å². The van der Waals surface area contributed by atoms with Crippen molar-refractivity contribution in [2.24, 2.45) is 0 Å². The highest BCUT2D eigenvalue weighted by atomic mass is 16.5. The molecule has 1 rings (SSSR count). The molecule has 0 aliphatic heterocycles. The lowest BCUT2D eigenvalue weighted by molar-refractivity contribution is 0.148. The van der Waals surface area contributed by atoms with Gasteiger partial charge in [0, 0.05) is 19.6 Å². The van der Waals surface area contributed by atoms with E-state index in [1.165, 1.54) is 0 Å². The number of hydrogen-bond acceptors (Lipinski definition) is 3. The van der Waals surface area contributed by atoms with Gasteiger partial charge in [-0.3, -0.25) is 4.90 Å². The normalized spacial score (nSPS) is 12.2. The number of methoxy groups -OCH3 is 1. The maximum absolute atomic E-state index is 10.2. The Labute approximate surface area is 115 Å². The smallest absolute Gasteiger partial charge is 0.118 e. The third-order valence-corrected chi connectivity index (χ3v) is 2.99. The number of nitrogens with zero attached hydrogens (tertiary/aromatic N) is 1. The first-order valence-corrected chi connectivity index (χ1v) is 6.47. The van der Waals surface area contributed by atoms with Gasteiger partial charge in [0.2, 0.25) is 0 Å². The van der Waals surface area contributed by atoms with Crippen LogP contribution in [-0.4, -0.2) is 36.8 Å². The van der Waals surface area contributed by atoms with Gasteiger partial charge in [0.15, 0.2) is 0 Å². The van der Waals surface area contributed by atoms with Gasteiger partial charge < -0.3 is 9.84 Å². The molecular weight excluding hydrogens is 238 g/mol. The van der Waals surface area contributed by atoms with E-state index < -0.39 is 6.10 Å². The molecule has 0 saturated heterocycles. The molecule has 1 aromatic rings. The Hall–Kier alpha value is -1.58. The molecule has 3 heteroatoms. The first-order valence-electron chi connectivity index (χ1n) is 6.47. The van der Waals surface area contributed by atoms with Crippen LogP contribution in [-0.2, 0) is 0 Å². The molecule has 0 aromatic heterocycles. The van der Waals surface area contributed by atoms with E-state index in [0.29, 0.717) is 6.42 Å². The fraction of sp³-hybridized carbons (Fsp3) is 0.375. The summed E-state index contributed by atoms with van der Waals surface area (Å²) in [6, 6.07) is 7.53. The summed E-state index contributed by atoms with van der Waals surface area (Å²) < 4.78 is 5.10. The maximum Gasteiger partial charge on any atom is 0.118 e. The van der Waals surface area contributed by atoms with Crippen LogP contribution in [0.25, 0.3) is 0 Å². The van der Waals surface area contributed by atoms with E-state index in [-0.39, 0.29) is 0 Å². The summed E-state index contributed by atoms with van der Waals surface area (Å²) in [7, 11) is 1.63. The Morgan fingerprint density at radius 3 is 2.26 bits per heavy atom. The SMILES string of the molecule is C=CCN(CC=C)CCC(O)c1ccc(OC)cc1. The van der Waals surface area contributed by atoms with Crippen molar-refractivity contribution in [3.8, 4) is 5.75 Å². The second-order valence-corrected chi connectivity index (χ2v) is 4.41. The molecule has 0 aliphatic carbocycles. The van der Waals surface area contributed by atoms with E-state index in [9.17, 15) is 5.11 Å². The van der Waals surface area contributed by atoms with Crippen molar-refractivity contribution in [1.29, 1.82) is 0 Å². The Balaban J connectivity index is 2.50. The minimum atomic E-state index is -0.456. The molecule has 0 heterocycles. The first kappa shape index (κ1) is 15.5. The maximum atomic E-state index is 10.2. The molecule has 3 nitrogen and oxygen atoms in total. The lowest BCUT2D eigenvalue weighted by atomic mass is 10.1. The summed E-state index contributed by atoms with van der Waals surface area (Å²) in [5, 5.41) is 10.2. The Morgan fingerprint density at radius 2 is 1.79 bits per heavy atom. The van der Waals surface area contributed by atoms with E-state index in [4.69, 9.17) is 4.74 Å². The zero-order chi connectivity index (χ0) is 14.1. The van der Waals surface area contributed by atoms with Crippen LogP contribution in [0.3, 0.4) is 0 Å². The van der Waals surface area contributed by atoms with Crippen molar-refractivity contribution in [1.82, 2.24) is 4.90 Å². The van der Waals surface area contributed by atoms with Crippen LogP contribution in [0.5, 0.6) is 5.75 Å². The van der Waals surface area contributed by atoms with Gasteiger partial charge >= 0.3 is 0 Å². The van der Waals surface area contributed by atoms with Crippen molar-refractivity contribution in [2.75, 3.05) is 26.7 Å². The Bertz CT molecular complexity index is 376. The van der Waals surface area contributed by atoms with Crippen LogP contribution in [0.2, 0.25) is 0 Å². The molecule has 0 fully saturated rings. The van der Waals surface area contributed by atoms with Crippen molar-refractivity contribution < 1.29 is 9.84 Å². The fourth-order valence-corrected chi connectivity index (χ4v) is 1.92. The lowest BCUT2D eigenvalue weighted by Crippen LogP contribution is -2.26. The van der Waals surface area contributed by atoms with Crippen LogP contribution in [0.1, 0.15) is 18.1 Å². The zero-order valence-corrected chi connectivity index (χ0v) is 11.6. The van der Waals surface area contributed by atoms with E-state index in [1.54, 1.807) is 7.11 Å². The van der Waals surface area contributed by atoms with E-state index in [2.05, 4.69) is 18.1 Å². The average Bonchev–Trinajstić information content (AvgIpc) is 2.45. The summed E-state index contributed by atoms with van der Waals surface area (Å²) in [6.07, 6.45) is 3.96. The molecule has 1 N–H and O–H groups in total. The molecule has 19 heavy (non-hydrogen) atoms. The van der Waals surface area contributed by atoms with Gasteiger partial charge in [0.25, 0.3) is 0 Å². The lowest BCUT2D eigenvalue weighted by Gasteiger charge is -2.20. The summed E-state index contributed by atoms with van der Waals surface area (Å²) in [5.74, 6) is 0.802. The molecule has 1 atom stereocenters. The highest BCUT2D eigenvalue weighted by Gasteiger charge is 2.09. The molecule has 1 unspecified atom stereocenters. The highest BCUT2D eigenvalue weighted by molar-refractivity contribution is 5.28. The van der Waals surface area contributed by atoms with Gasteiger partial charge in [0.1, 0.15) is 5.75 Å². The Morgan fingerprint density at radius 1 is 1.21 bits per heavy atom. The minimum absolute atomic E-state index is 0.456. The van der Waals surface area contributed by atoms with Crippen LogP contribution in [0, 0.1) is 0 Å². The average molecular weight is 261 g/mol. The molecule has 0 saturated carbocycles. The van der Waals surface area contributed by atoms with Gasteiger partial charge in [-0.1, -0.05) is 24.3 Å². The van der Waals surface area contributed by atoms with Crippen LogP contribution in [0.4, 0.5) is 0 Å². The zero-order valence-electron chi connectivity index (χ0n) is 11.6. The predicted molar refractivity (Wildman–Crippen MR) is 79.4 cm³/mol. The summed E-state index contributed by atoms with van der Waals surface area (Å²) >= 11 is 0. The summed E-state index contributed by atoms with van der Waals surface area (Å²) in [6.45, 7) is 9.89. The third kappa shape index (κ3) is 5.28. The fourth-order valence-electron chi connectivity index (χ4n) is 1.92. The summed E-state index contributed by atoms with van der Waals surface area (Å²) in [5.41, 5.74) is 0.915. The van der Waals surface area contributed by atoms with Crippen molar-refractivity contribution in [2.45, 2.75) is 12.5 Å². The van der Waals surface area contributed by atoms with E-state index >= 15 is 0 Å². The minimum Gasteiger partial charge on any atom is -0.497 e. The van der Waals surface area contributed by atoms with Gasteiger partial charge in [-0.2, -0.15) is 0 Å². The molecule has 0 bridgehead atoms. The van der Waals surface area contributed by atoms with Gasteiger partial charge in [-0.05, 0) is 24.1 Å². The van der Waals surface area contributed by atoms with Gasteiger partial charge in [-0.15, -0.1) is 13.2 Å². The monoisotopic (exact) mass is 261 g/mol. The van der Waals surface area contributed by atoms with Crippen LogP contribution >= 0.6 is 0 Å². The molecule has 104 valence electrons. The van der Waals surface area contributed by atoms with Gasteiger partial charge in [-0.25, -0.2) is 0 Å². The van der Waals surface area contributed by atoms with Crippen LogP contribution in [0.15, 0.2) is 49.6 Å². The molecule has 0 radical (unpaired) electrons. The largest absolute Gasteiger partial charge is 0.497 e. The standard InChI is InChI=1S/C16H23NO2/c1-4-11-17(12-5-2)13-10-16(18)14-6-8-15(19-3)9-7-14/h4-9,16,18H,1-2,10-13H2,3H3. The van der Waals surface area contributed by atoms with E-state index in [0.717, 1.165) is 30.9 Å². The third-order valence-electron chi connectivity index (χ3n) is 2.99. The Kier molecular flexibility index (Phi) is 6.93. The number of rotatable bonds is 9. The molecular formula is C16H23NO2. The number of aliphatic hydroxyl groups is 1. The second kappa shape index (κ2) is 8.51. The first-order chi connectivity index (χ1) is 9.21. The molecule has 0 aliphatic rings. The number of hydrogen-bond donors (Lipinski definition) is 1. The summed E-state index contributed by atoms with van der Waals surface area (Å²) in [4.78, 5) is 2.19. The number of ether oxygens (including phenoxy) is 1. The van der Waals surface area contributed by atoms with Crippen molar-refractivity contribution in [3.63, 3.8) is 0 Å². The predicted octanol–water partition coefficient (Wildman–Crippen LogP) is 2.79. The highest BCUT2D eigenvalue weighted by Crippen LogP contribution is 2.20. The number of benzene rings is 1. The van der Waals surface area contributed by atoms with E-state index in [1.807, 2.05) is 36.4 Å². The molecule has 0 spiro atoms. The van der Waals surface area contributed by atoms with Crippen molar-refractivity contribution in [3.05, 3.63) is 55.1 Å².